The molecule has 21 heavy (non-hydrogen) atoms. The van der Waals surface area contributed by atoms with Gasteiger partial charge in [-0.1, -0.05) is 0 Å². The fraction of sp³-hybridized carbons (Fsp3) is 0.467. The van der Waals surface area contributed by atoms with Gasteiger partial charge in [0.25, 0.3) is 5.91 Å². The summed E-state index contributed by atoms with van der Waals surface area (Å²) in [6.07, 6.45) is 1.40. The first kappa shape index (κ1) is 15.2. The highest BCUT2D eigenvalue weighted by Crippen LogP contribution is 2.28. The van der Waals surface area contributed by atoms with Crippen LogP contribution in [0.15, 0.2) is 18.2 Å². The van der Waals surface area contributed by atoms with E-state index in [-0.39, 0.29) is 35.7 Å². The number of benzene rings is 1. The molecule has 0 radical (unpaired) electrons. The van der Waals surface area contributed by atoms with Crippen LogP contribution in [-0.4, -0.2) is 41.5 Å². The molecule has 1 aromatic carbocycles. The van der Waals surface area contributed by atoms with Crippen LogP contribution in [0.25, 0.3) is 0 Å². The number of carbonyl (C=O) groups excluding carboxylic acids is 2. The highest BCUT2D eigenvalue weighted by atomic mass is 16.5. The second-order valence-corrected chi connectivity index (χ2v) is 5.37. The molecule has 0 bridgehead atoms. The lowest BCUT2D eigenvalue weighted by Gasteiger charge is -2.37. The molecule has 2 atom stereocenters. The Labute approximate surface area is 123 Å². The number of likely N-dealkylation sites (tertiary alicyclic amines) is 1. The molecule has 6 heteroatoms. The van der Waals surface area contributed by atoms with Crippen LogP contribution in [0.3, 0.4) is 0 Å². The molecule has 0 saturated carbocycles. The van der Waals surface area contributed by atoms with Gasteiger partial charge in [0, 0.05) is 12.6 Å². The number of carbonyl (C=O) groups is 2. The van der Waals surface area contributed by atoms with Crippen molar-refractivity contribution >= 4 is 11.8 Å². The first-order valence-corrected chi connectivity index (χ1v) is 6.91. The van der Waals surface area contributed by atoms with Gasteiger partial charge in [-0.15, -0.1) is 0 Å². The molecular formula is C15H20N2O4. The monoisotopic (exact) mass is 292 g/mol. The van der Waals surface area contributed by atoms with Crippen LogP contribution in [-0.2, 0) is 4.79 Å². The van der Waals surface area contributed by atoms with Gasteiger partial charge in [0.1, 0.15) is 11.5 Å². The third kappa shape index (κ3) is 3.09. The maximum absolute atomic E-state index is 12.6. The molecular weight excluding hydrogens is 272 g/mol. The lowest BCUT2D eigenvalue weighted by atomic mass is 9.92. The topological polar surface area (TPSA) is 92.9 Å². The Kier molecular flexibility index (Phi) is 4.35. The van der Waals surface area contributed by atoms with Gasteiger partial charge >= 0.3 is 0 Å². The Bertz CT molecular complexity index is 559. The predicted octanol–water partition coefficient (Wildman–Crippen LogP) is 1.13. The molecule has 3 N–H and O–H groups in total. The molecule has 2 rings (SSSR count). The molecule has 1 fully saturated rings. The van der Waals surface area contributed by atoms with Crippen LogP contribution in [0, 0.1) is 5.92 Å². The SMILES string of the molecule is COc1ccc(O)c(C(=O)N2CC(C(N)=O)CCC2C)c1. The Morgan fingerprint density at radius 3 is 2.71 bits per heavy atom. The van der Waals surface area contributed by atoms with Crippen LogP contribution in [0.5, 0.6) is 11.5 Å². The zero-order valence-electron chi connectivity index (χ0n) is 12.2. The quantitative estimate of drug-likeness (QED) is 0.873. The van der Waals surface area contributed by atoms with Gasteiger partial charge in [-0.2, -0.15) is 0 Å². The zero-order valence-corrected chi connectivity index (χ0v) is 12.2. The van der Waals surface area contributed by atoms with Crippen molar-refractivity contribution in [2.75, 3.05) is 13.7 Å². The Balaban J connectivity index is 2.27. The Morgan fingerprint density at radius 1 is 1.38 bits per heavy atom. The summed E-state index contributed by atoms with van der Waals surface area (Å²) in [6.45, 7) is 2.21. The average Bonchev–Trinajstić information content (AvgIpc) is 2.47. The molecule has 1 aliphatic heterocycles. The normalized spacial score (nSPS) is 21.9. The van der Waals surface area contributed by atoms with E-state index in [9.17, 15) is 14.7 Å². The predicted molar refractivity (Wildman–Crippen MR) is 77.1 cm³/mol. The Hall–Kier alpha value is -2.24. The zero-order chi connectivity index (χ0) is 15.6. The Morgan fingerprint density at radius 2 is 2.10 bits per heavy atom. The van der Waals surface area contributed by atoms with Gasteiger partial charge < -0.3 is 20.5 Å². The number of phenols is 1. The summed E-state index contributed by atoms with van der Waals surface area (Å²) in [6, 6.07) is 4.50. The second kappa shape index (κ2) is 6.03. The van der Waals surface area contributed by atoms with E-state index in [0.29, 0.717) is 18.6 Å². The van der Waals surface area contributed by atoms with Crippen molar-refractivity contribution in [2.24, 2.45) is 11.7 Å². The van der Waals surface area contributed by atoms with Crippen molar-refractivity contribution in [2.45, 2.75) is 25.8 Å². The maximum atomic E-state index is 12.6. The fourth-order valence-corrected chi connectivity index (χ4v) is 2.59. The smallest absolute Gasteiger partial charge is 0.258 e. The lowest BCUT2D eigenvalue weighted by Crippen LogP contribution is -2.48. The van der Waals surface area contributed by atoms with Crippen molar-refractivity contribution in [1.29, 1.82) is 0 Å². The molecule has 1 saturated heterocycles. The van der Waals surface area contributed by atoms with Crippen LogP contribution in [0.4, 0.5) is 0 Å². The molecule has 2 unspecified atom stereocenters. The van der Waals surface area contributed by atoms with Gasteiger partial charge in [-0.05, 0) is 38.0 Å². The number of ether oxygens (including phenoxy) is 1. The van der Waals surface area contributed by atoms with E-state index in [0.717, 1.165) is 0 Å². The minimum absolute atomic E-state index is 0.00120. The van der Waals surface area contributed by atoms with Crippen molar-refractivity contribution in [3.05, 3.63) is 23.8 Å². The van der Waals surface area contributed by atoms with E-state index < -0.39 is 5.91 Å². The fourth-order valence-electron chi connectivity index (χ4n) is 2.59. The molecule has 1 aliphatic rings. The van der Waals surface area contributed by atoms with Crippen molar-refractivity contribution in [1.82, 2.24) is 4.90 Å². The third-order valence-electron chi connectivity index (χ3n) is 3.98. The summed E-state index contributed by atoms with van der Waals surface area (Å²) in [7, 11) is 1.49. The summed E-state index contributed by atoms with van der Waals surface area (Å²) in [4.78, 5) is 25.6. The largest absolute Gasteiger partial charge is 0.507 e. The van der Waals surface area contributed by atoms with Crippen LogP contribution in [0.1, 0.15) is 30.1 Å². The summed E-state index contributed by atoms with van der Waals surface area (Å²) < 4.78 is 5.08. The minimum Gasteiger partial charge on any atom is -0.507 e. The van der Waals surface area contributed by atoms with E-state index in [2.05, 4.69) is 0 Å². The number of nitrogens with zero attached hydrogens (tertiary/aromatic N) is 1. The third-order valence-corrected chi connectivity index (χ3v) is 3.98. The molecule has 0 aliphatic carbocycles. The number of hydrogen-bond acceptors (Lipinski definition) is 4. The van der Waals surface area contributed by atoms with Crippen LogP contribution < -0.4 is 10.5 Å². The molecule has 1 heterocycles. The van der Waals surface area contributed by atoms with Crippen molar-refractivity contribution < 1.29 is 19.4 Å². The number of piperidine rings is 1. The number of primary amides is 1. The lowest BCUT2D eigenvalue weighted by molar-refractivity contribution is -0.123. The van der Waals surface area contributed by atoms with Crippen LogP contribution >= 0.6 is 0 Å². The van der Waals surface area contributed by atoms with Crippen molar-refractivity contribution in [3.8, 4) is 11.5 Å². The number of methoxy groups -OCH3 is 1. The van der Waals surface area contributed by atoms with E-state index in [1.165, 1.54) is 19.2 Å². The molecule has 0 aromatic heterocycles. The standard InChI is InChI=1S/C15H20N2O4/c1-9-3-4-10(14(16)19)8-17(9)15(20)12-7-11(21-2)5-6-13(12)18/h5-7,9-10,18H,3-4,8H2,1-2H3,(H2,16,19). The minimum atomic E-state index is -0.394. The number of amides is 2. The summed E-state index contributed by atoms with van der Waals surface area (Å²) in [5.74, 6) is -0.654. The molecule has 6 nitrogen and oxygen atoms in total. The van der Waals surface area contributed by atoms with E-state index in [4.69, 9.17) is 10.5 Å². The first-order valence-electron chi connectivity index (χ1n) is 6.91. The second-order valence-electron chi connectivity index (χ2n) is 5.37. The van der Waals surface area contributed by atoms with E-state index >= 15 is 0 Å². The summed E-state index contributed by atoms with van der Waals surface area (Å²) >= 11 is 0. The number of rotatable bonds is 3. The molecule has 114 valence electrons. The van der Waals surface area contributed by atoms with Crippen molar-refractivity contribution in [3.63, 3.8) is 0 Å². The maximum Gasteiger partial charge on any atom is 0.258 e. The molecule has 2 amide bonds. The first-order chi connectivity index (χ1) is 9.93. The van der Waals surface area contributed by atoms with Gasteiger partial charge in [0.05, 0.1) is 18.6 Å². The summed E-state index contributed by atoms with van der Waals surface area (Å²) in [5, 5.41) is 9.90. The number of nitrogens with two attached hydrogens (primary N) is 1. The van der Waals surface area contributed by atoms with Gasteiger partial charge in [0.15, 0.2) is 0 Å². The van der Waals surface area contributed by atoms with Crippen LogP contribution in [0.2, 0.25) is 0 Å². The van der Waals surface area contributed by atoms with Gasteiger partial charge in [-0.25, -0.2) is 0 Å². The van der Waals surface area contributed by atoms with E-state index in [1.54, 1.807) is 11.0 Å². The number of hydrogen-bond donors (Lipinski definition) is 2. The average molecular weight is 292 g/mol. The number of aromatic hydroxyl groups is 1. The molecule has 0 spiro atoms. The number of phenolic OH excluding ortho intramolecular Hbond substituents is 1. The van der Waals surface area contributed by atoms with Gasteiger partial charge in [0.2, 0.25) is 5.91 Å². The van der Waals surface area contributed by atoms with E-state index in [1.807, 2.05) is 6.92 Å². The van der Waals surface area contributed by atoms with Gasteiger partial charge in [-0.3, -0.25) is 9.59 Å². The highest BCUT2D eigenvalue weighted by Gasteiger charge is 2.33. The summed E-state index contributed by atoms with van der Waals surface area (Å²) in [5.41, 5.74) is 5.52. The highest BCUT2D eigenvalue weighted by molar-refractivity contribution is 5.97. The molecule has 1 aromatic rings.